The Kier molecular flexibility index (Phi) is 7.73. The Bertz CT molecular complexity index is 1030. The van der Waals surface area contributed by atoms with Crippen molar-refractivity contribution in [2.24, 2.45) is 0 Å². The van der Waals surface area contributed by atoms with E-state index in [0.717, 1.165) is 6.42 Å². The van der Waals surface area contributed by atoms with E-state index in [1.165, 1.54) is 15.5 Å². The van der Waals surface area contributed by atoms with Crippen LogP contribution >= 0.6 is 0 Å². The molecule has 2 rings (SSSR count). The fraction of sp³-hybridized carbons (Fsp3) is 0.421. The molecule has 11 nitrogen and oxygen atoms in total. The molecular formula is C19H26N6O5. The largest absolute Gasteiger partial charge is 0.383 e. The number of aromatic amines is 1. The highest BCUT2D eigenvalue weighted by atomic mass is 16.6. The zero-order valence-corrected chi connectivity index (χ0v) is 17.0. The average Bonchev–Trinajstić information content (AvgIpc) is 2.71. The van der Waals surface area contributed by atoms with E-state index in [0.29, 0.717) is 18.7 Å². The highest BCUT2D eigenvalue weighted by molar-refractivity contribution is 5.95. The maximum atomic E-state index is 12.8. The highest BCUT2D eigenvalue weighted by Crippen LogP contribution is 2.23. The van der Waals surface area contributed by atoms with E-state index in [-0.39, 0.29) is 36.7 Å². The van der Waals surface area contributed by atoms with Crippen LogP contribution in [0.25, 0.3) is 0 Å². The van der Waals surface area contributed by atoms with Crippen molar-refractivity contribution in [3.63, 3.8) is 0 Å². The molecule has 1 amide bonds. The summed E-state index contributed by atoms with van der Waals surface area (Å²) < 4.78 is 1.25. The Labute approximate surface area is 172 Å². The van der Waals surface area contributed by atoms with Crippen LogP contribution in [0.5, 0.6) is 0 Å². The lowest BCUT2D eigenvalue weighted by molar-refractivity contribution is -0.384. The number of carbonyl (C=O) groups is 1. The normalized spacial score (nSPS) is 10.6. The Morgan fingerprint density at radius 3 is 2.63 bits per heavy atom. The molecule has 0 aliphatic rings. The average molecular weight is 418 g/mol. The number of nitrogens with zero attached hydrogens (tertiary/aromatic N) is 3. The molecule has 30 heavy (non-hydrogen) atoms. The summed E-state index contributed by atoms with van der Waals surface area (Å²) >= 11 is 0. The van der Waals surface area contributed by atoms with Gasteiger partial charge in [-0.2, -0.15) is 0 Å². The number of nitro groups is 1. The summed E-state index contributed by atoms with van der Waals surface area (Å²) in [6, 6.07) is 6.11. The number of hydrogen-bond acceptors (Lipinski definition) is 7. The van der Waals surface area contributed by atoms with Gasteiger partial charge in [-0.05, 0) is 19.4 Å². The lowest BCUT2D eigenvalue weighted by Crippen LogP contribution is -2.41. The number of unbranched alkanes of at least 4 members (excludes halogenated alkanes) is 1. The van der Waals surface area contributed by atoms with Gasteiger partial charge in [0.25, 0.3) is 11.2 Å². The van der Waals surface area contributed by atoms with Gasteiger partial charge in [0.2, 0.25) is 5.91 Å². The van der Waals surface area contributed by atoms with Gasteiger partial charge in [0, 0.05) is 32.1 Å². The summed E-state index contributed by atoms with van der Waals surface area (Å²) in [5, 5.41) is 14.0. The first kappa shape index (κ1) is 22.7. The second-order valence-electron chi connectivity index (χ2n) is 6.59. The predicted molar refractivity (Wildman–Crippen MR) is 115 cm³/mol. The number of rotatable bonds is 10. The van der Waals surface area contributed by atoms with Crippen molar-refractivity contribution in [3.8, 4) is 0 Å². The lowest BCUT2D eigenvalue weighted by atomic mass is 10.2. The van der Waals surface area contributed by atoms with Gasteiger partial charge >= 0.3 is 5.69 Å². The zero-order valence-electron chi connectivity index (χ0n) is 17.0. The van der Waals surface area contributed by atoms with E-state index in [1.807, 2.05) is 6.92 Å². The van der Waals surface area contributed by atoms with Crippen molar-refractivity contribution in [2.45, 2.75) is 39.7 Å². The van der Waals surface area contributed by atoms with Crippen LogP contribution in [0.1, 0.15) is 33.1 Å². The molecule has 0 saturated heterocycles. The van der Waals surface area contributed by atoms with E-state index in [9.17, 15) is 24.5 Å². The summed E-state index contributed by atoms with van der Waals surface area (Å²) in [4.78, 5) is 51.2. The Morgan fingerprint density at radius 1 is 1.30 bits per heavy atom. The van der Waals surface area contributed by atoms with Gasteiger partial charge in [0.1, 0.15) is 11.5 Å². The summed E-state index contributed by atoms with van der Waals surface area (Å²) in [6.45, 7) is 4.26. The smallest absolute Gasteiger partial charge is 0.330 e. The van der Waals surface area contributed by atoms with Crippen LogP contribution < -0.4 is 27.2 Å². The fourth-order valence-electron chi connectivity index (χ4n) is 3.06. The zero-order chi connectivity index (χ0) is 22.3. The maximum Gasteiger partial charge on any atom is 0.330 e. The Hall–Kier alpha value is -3.63. The minimum absolute atomic E-state index is 0.0349. The Morgan fingerprint density at radius 2 is 2.00 bits per heavy atom. The van der Waals surface area contributed by atoms with Crippen molar-refractivity contribution >= 4 is 28.8 Å². The number of para-hydroxylation sites is 2. The standard InChI is InChI=1S/C19H26N6O5/c1-3-5-12-24-17(20)16(18(27)22-19(24)28)23(4-2)15(26)10-11-21-13-8-6-7-9-14(13)25(29)30/h6-9,21H,3-5,10-12,20H2,1-2H3,(H,22,27,28). The molecule has 162 valence electrons. The first-order valence-electron chi connectivity index (χ1n) is 9.72. The fourth-order valence-corrected chi connectivity index (χ4v) is 3.06. The minimum Gasteiger partial charge on any atom is -0.383 e. The number of amides is 1. The van der Waals surface area contributed by atoms with Crippen molar-refractivity contribution in [1.82, 2.24) is 9.55 Å². The number of benzene rings is 1. The number of hydrogen-bond donors (Lipinski definition) is 3. The van der Waals surface area contributed by atoms with Crippen LogP contribution in [0.4, 0.5) is 22.9 Å². The number of nitrogens with two attached hydrogens (primary N) is 1. The van der Waals surface area contributed by atoms with Crippen LogP contribution in [-0.4, -0.2) is 33.5 Å². The molecule has 0 aliphatic heterocycles. The van der Waals surface area contributed by atoms with Gasteiger partial charge in [-0.1, -0.05) is 25.5 Å². The molecule has 2 aromatic rings. The molecule has 1 heterocycles. The quantitative estimate of drug-likeness (QED) is 0.391. The van der Waals surface area contributed by atoms with Gasteiger partial charge in [0.15, 0.2) is 5.69 Å². The maximum absolute atomic E-state index is 12.8. The number of nitrogen functional groups attached to an aromatic ring is 1. The molecule has 0 saturated carbocycles. The molecule has 0 fully saturated rings. The van der Waals surface area contributed by atoms with E-state index in [1.54, 1.807) is 25.1 Å². The summed E-state index contributed by atoms with van der Waals surface area (Å²) in [6.07, 6.45) is 1.48. The van der Waals surface area contributed by atoms with Gasteiger partial charge in [-0.15, -0.1) is 0 Å². The molecule has 4 N–H and O–H groups in total. The van der Waals surface area contributed by atoms with Crippen LogP contribution in [0.3, 0.4) is 0 Å². The van der Waals surface area contributed by atoms with E-state index in [2.05, 4.69) is 10.3 Å². The summed E-state index contributed by atoms with van der Waals surface area (Å²) in [5.41, 5.74) is 4.86. The van der Waals surface area contributed by atoms with Crippen LogP contribution in [0.15, 0.2) is 33.9 Å². The second kappa shape index (κ2) is 10.2. The van der Waals surface area contributed by atoms with Gasteiger partial charge < -0.3 is 16.0 Å². The summed E-state index contributed by atoms with van der Waals surface area (Å²) in [7, 11) is 0. The molecule has 0 spiro atoms. The topological polar surface area (TPSA) is 156 Å². The number of carbonyl (C=O) groups excluding carboxylic acids is 1. The summed E-state index contributed by atoms with van der Waals surface area (Å²) in [5.74, 6) is -0.458. The molecule has 0 bridgehead atoms. The minimum atomic E-state index is -0.730. The third-order valence-corrected chi connectivity index (χ3v) is 4.59. The van der Waals surface area contributed by atoms with Gasteiger partial charge in [0.05, 0.1) is 4.92 Å². The number of H-pyrrole nitrogens is 1. The molecule has 0 aliphatic carbocycles. The number of aromatic nitrogens is 2. The van der Waals surface area contributed by atoms with E-state index < -0.39 is 22.1 Å². The van der Waals surface area contributed by atoms with Crippen LogP contribution in [0.2, 0.25) is 0 Å². The van der Waals surface area contributed by atoms with Gasteiger partial charge in [-0.25, -0.2) is 4.79 Å². The SMILES string of the molecule is CCCCn1c(N)c(N(CC)C(=O)CCNc2ccccc2[N+](=O)[O-])c(=O)[nH]c1=O. The van der Waals surface area contributed by atoms with Crippen LogP contribution in [-0.2, 0) is 11.3 Å². The molecule has 11 heteroatoms. The van der Waals surface area contributed by atoms with Crippen molar-refractivity contribution < 1.29 is 9.72 Å². The van der Waals surface area contributed by atoms with Crippen LogP contribution in [0, 0.1) is 10.1 Å². The molecule has 0 atom stereocenters. The predicted octanol–water partition coefficient (Wildman–Crippen LogP) is 1.68. The molecule has 0 unspecified atom stereocenters. The Balaban J connectivity index is 2.20. The molecular weight excluding hydrogens is 392 g/mol. The van der Waals surface area contributed by atoms with E-state index >= 15 is 0 Å². The number of anilines is 3. The van der Waals surface area contributed by atoms with Gasteiger partial charge in [-0.3, -0.25) is 29.3 Å². The second-order valence-corrected chi connectivity index (χ2v) is 6.59. The highest BCUT2D eigenvalue weighted by Gasteiger charge is 2.23. The monoisotopic (exact) mass is 418 g/mol. The number of nitro benzene ring substituents is 1. The molecule has 1 aromatic carbocycles. The lowest BCUT2D eigenvalue weighted by Gasteiger charge is -2.23. The molecule has 0 radical (unpaired) electrons. The van der Waals surface area contributed by atoms with Crippen molar-refractivity contribution in [1.29, 1.82) is 0 Å². The van der Waals surface area contributed by atoms with Crippen molar-refractivity contribution in [2.75, 3.05) is 29.0 Å². The van der Waals surface area contributed by atoms with Crippen molar-refractivity contribution in [3.05, 3.63) is 55.2 Å². The third-order valence-electron chi connectivity index (χ3n) is 4.59. The molecule has 1 aromatic heterocycles. The van der Waals surface area contributed by atoms with E-state index in [4.69, 9.17) is 5.73 Å². The number of nitrogens with one attached hydrogen (secondary N) is 2. The third kappa shape index (κ3) is 5.04. The first-order chi connectivity index (χ1) is 14.3. The first-order valence-corrected chi connectivity index (χ1v) is 9.72.